The molecule has 4 heteroatoms. The minimum Gasteiger partial charge on any atom is -0.491 e. The highest BCUT2D eigenvalue weighted by Crippen LogP contribution is 2.24. The molecule has 0 aliphatic rings. The van der Waals surface area contributed by atoms with Crippen LogP contribution in [0, 0.1) is 0 Å². The summed E-state index contributed by atoms with van der Waals surface area (Å²) >= 11 is 1.45. The smallest absolute Gasteiger partial charge is 0.144 e. The van der Waals surface area contributed by atoms with Gasteiger partial charge in [0.2, 0.25) is 0 Å². The van der Waals surface area contributed by atoms with Gasteiger partial charge in [-0.2, -0.15) is 4.37 Å². The number of hydrogen-bond acceptors (Lipinski definition) is 4. The second-order valence-corrected chi connectivity index (χ2v) is 4.81. The largest absolute Gasteiger partial charge is 0.491 e. The summed E-state index contributed by atoms with van der Waals surface area (Å²) in [6, 6.07) is 8.00. The molecule has 0 amide bonds. The van der Waals surface area contributed by atoms with Gasteiger partial charge in [-0.25, -0.2) is 4.98 Å². The molecule has 0 saturated carbocycles. The van der Waals surface area contributed by atoms with Gasteiger partial charge in [0, 0.05) is 12.0 Å². The van der Waals surface area contributed by atoms with Crippen LogP contribution in [-0.4, -0.2) is 15.5 Å². The molecule has 0 N–H and O–H groups in total. The Morgan fingerprint density at radius 2 is 1.94 bits per heavy atom. The molecule has 3 nitrogen and oxygen atoms in total. The summed E-state index contributed by atoms with van der Waals surface area (Å²) < 4.78 is 9.88. The first-order valence-corrected chi connectivity index (χ1v) is 6.56. The fraction of sp³-hybridized carbons (Fsp3) is 0.385. The molecule has 0 unspecified atom stereocenters. The van der Waals surface area contributed by atoms with Crippen LogP contribution in [0.5, 0.6) is 5.75 Å². The number of hydrogen-bond donors (Lipinski definition) is 0. The lowest BCUT2D eigenvalue weighted by atomic mass is 10.2. The fourth-order valence-electron chi connectivity index (χ4n) is 1.46. The van der Waals surface area contributed by atoms with Crippen LogP contribution in [0.2, 0.25) is 0 Å². The van der Waals surface area contributed by atoms with Gasteiger partial charge in [-0.3, -0.25) is 0 Å². The zero-order valence-electron chi connectivity index (χ0n) is 10.3. The molecule has 0 bridgehead atoms. The lowest BCUT2D eigenvalue weighted by molar-refractivity contribution is 0.242. The van der Waals surface area contributed by atoms with Gasteiger partial charge in [-0.05, 0) is 49.6 Å². The topological polar surface area (TPSA) is 35.0 Å². The molecule has 1 aromatic heterocycles. The summed E-state index contributed by atoms with van der Waals surface area (Å²) in [5.41, 5.74) is 1.10. The van der Waals surface area contributed by atoms with Crippen molar-refractivity contribution in [2.24, 2.45) is 0 Å². The molecule has 2 rings (SSSR count). The summed E-state index contributed by atoms with van der Waals surface area (Å²) in [6.07, 6.45) is 1.08. The molecular formula is C13H16N2OS. The molecule has 17 heavy (non-hydrogen) atoms. The maximum atomic E-state index is 5.60. The minimum atomic E-state index is 0.203. The van der Waals surface area contributed by atoms with Crippen LogP contribution >= 0.6 is 11.5 Å². The highest BCUT2D eigenvalue weighted by Gasteiger charge is 2.05. The Morgan fingerprint density at radius 3 is 2.47 bits per heavy atom. The second kappa shape index (κ2) is 5.27. The highest BCUT2D eigenvalue weighted by atomic mass is 32.1. The predicted octanol–water partition coefficient (Wildman–Crippen LogP) is 3.55. The van der Waals surface area contributed by atoms with Gasteiger partial charge in [0.15, 0.2) is 0 Å². The van der Waals surface area contributed by atoms with E-state index in [2.05, 4.69) is 16.3 Å². The molecule has 0 atom stereocenters. The van der Waals surface area contributed by atoms with E-state index in [1.54, 1.807) is 0 Å². The Bertz CT molecular complexity index is 476. The third-order valence-corrected chi connectivity index (χ3v) is 3.06. The van der Waals surface area contributed by atoms with Crippen LogP contribution in [0.15, 0.2) is 24.3 Å². The van der Waals surface area contributed by atoms with Gasteiger partial charge < -0.3 is 4.74 Å². The first-order chi connectivity index (χ1) is 8.19. The number of aryl methyl sites for hydroxylation is 1. The van der Waals surface area contributed by atoms with E-state index < -0.39 is 0 Å². The number of ether oxygens (including phenoxy) is 1. The van der Waals surface area contributed by atoms with Crippen LogP contribution < -0.4 is 4.74 Å². The maximum absolute atomic E-state index is 5.60. The Kier molecular flexibility index (Phi) is 3.74. The number of aromatic nitrogens is 2. The average molecular weight is 248 g/mol. The minimum absolute atomic E-state index is 0.203. The molecule has 0 saturated heterocycles. The molecule has 90 valence electrons. The molecule has 0 aliphatic heterocycles. The van der Waals surface area contributed by atoms with Crippen LogP contribution in [0.25, 0.3) is 10.6 Å². The van der Waals surface area contributed by atoms with Crippen molar-refractivity contribution in [3.8, 4) is 16.3 Å². The van der Waals surface area contributed by atoms with E-state index in [0.717, 1.165) is 28.6 Å². The van der Waals surface area contributed by atoms with Crippen molar-refractivity contribution in [2.75, 3.05) is 0 Å². The fourth-order valence-corrected chi connectivity index (χ4v) is 2.21. The third-order valence-electron chi connectivity index (χ3n) is 2.26. The van der Waals surface area contributed by atoms with Crippen molar-refractivity contribution >= 4 is 11.5 Å². The molecule has 0 fully saturated rings. The third kappa shape index (κ3) is 3.03. The first-order valence-electron chi connectivity index (χ1n) is 5.78. The summed E-state index contributed by atoms with van der Waals surface area (Å²) in [5.74, 6) is 1.80. The summed E-state index contributed by atoms with van der Waals surface area (Å²) in [7, 11) is 0. The molecular weight excluding hydrogens is 232 g/mol. The van der Waals surface area contributed by atoms with Crippen LogP contribution in [-0.2, 0) is 6.42 Å². The molecule has 0 radical (unpaired) electrons. The lowest BCUT2D eigenvalue weighted by Gasteiger charge is -2.09. The molecule has 0 spiro atoms. The zero-order chi connectivity index (χ0) is 12.3. The monoisotopic (exact) mass is 248 g/mol. The van der Waals surface area contributed by atoms with Crippen molar-refractivity contribution in [3.63, 3.8) is 0 Å². The van der Waals surface area contributed by atoms with Crippen molar-refractivity contribution in [2.45, 2.75) is 33.3 Å². The van der Waals surface area contributed by atoms with Crippen LogP contribution in [0.4, 0.5) is 0 Å². The summed E-state index contributed by atoms with van der Waals surface area (Å²) in [5, 5.41) is 0.970. The quantitative estimate of drug-likeness (QED) is 0.830. The van der Waals surface area contributed by atoms with E-state index in [1.807, 2.05) is 38.1 Å². The zero-order valence-corrected chi connectivity index (χ0v) is 11.1. The van der Waals surface area contributed by atoms with Crippen molar-refractivity contribution < 1.29 is 4.74 Å². The van der Waals surface area contributed by atoms with Gasteiger partial charge in [0.05, 0.1) is 6.10 Å². The van der Waals surface area contributed by atoms with Gasteiger partial charge in [-0.1, -0.05) is 6.92 Å². The second-order valence-electron chi connectivity index (χ2n) is 4.06. The first kappa shape index (κ1) is 12.0. The van der Waals surface area contributed by atoms with Crippen LogP contribution in [0.3, 0.4) is 0 Å². The van der Waals surface area contributed by atoms with E-state index >= 15 is 0 Å². The Balaban J connectivity index is 2.17. The average Bonchev–Trinajstić information content (AvgIpc) is 2.78. The number of benzene rings is 1. The van der Waals surface area contributed by atoms with E-state index in [-0.39, 0.29) is 6.10 Å². The normalized spacial score (nSPS) is 10.8. The van der Waals surface area contributed by atoms with E-state index in [4.69, 9.17) is 4.74 Å². The van der Waals surface area contributed by atoms with Crippen molar-refractivity contribution in [3.05, 3.63) is 30.1 Å². The van der Waals surface area contributed by atoms with Crippen LogP contribution in [0.1, 0.15) is 26.6 Å². The van der Waals surface area contributed by atoms with Gasteiger partial charge in [0.1, 0.15) is 16.6 Å². The highest BCUT2D eigenvalue weighted by molar-refractivity contribution is 7.09. The number of rotatable bonds is 4. The standard InChI is InChI=1S/C13H16N2OS/c1-4-12-14-13(17-15-12)10-5-7-11(8-6-10)16-9(2)3/h5-9H,4H2,1-3H3. The van der Waals surface area contributed by atoms with Crippen molar-refractivity contribution in [1.82, 2.24) is 9.36 Å². The molecule has 0 aliphatic carbocycles. The van der Waals surface area contributed by atoms with Crippen molar-refractivity contribution in [1.29, 1.82) is 0 Å². The Hall–Kier alpha value is -1.42. The van der Waals surface area contributed by atoms with E-state index in [1.165, 1.54) is 11.5 Å². The lowest BCUT2D eigenvalue weighted by Crippen LogP contribution is -2.05. The maximum Gasteiger partial charge on any atom is 0.144 e. The van der Waals surface area contributed by atoms with Gasteiger partial charge in [-0.15, -0.1) is 0 Å². The van der Waals surface area contributed by atoms with E-state index in [0.29, 0.717) is 0 Å². The summed E-state index contributed by atoms with van der Waals surface area (Å²) in [6.45, 7) is 6.10. The predicted molar refractivity (Wildman–Crippen MR) is 70.5 cm³/mol. The molecule has 2 aromatic rings. The van der Waals surface area contributed by atoms with Gasteiger partial charge >= 0.3 is 0 Å². The number of nitrogens with zero attached hydrogens (tertiary/aromatic N) is 2. The SMILES string of the molecule is CCc1nsc(-c2ccc(OC(C)C)cc2)n1. The Morgan fingerprint density at radius 1 is 1.24 bits per heavy atom. The molecule has 1 heterocycles. The molecule has 1 aromatic carbocycles. The Labute approximate surface area is 106 Å². The van der Waals surface area contributed by atoms with Gasteiger partial charge in [0.25, 0.3) is 0 Å². The van der Waals surface area contributed by atoms with E-state index in [9.17, 15) is 0 Å². The summed E-state index contributed by atoms with van der Waals surface area (Å²) in [4.78, 5) is 4.46.